The lowest BCUT2D eigenvalue weighted by atomic mass is 9.96. The van der Waals surface area contributed by atoms with Gasteiger partial charge in [-0.1, -0.05) is 18.2 Å². The number of ketones is 1. The Hall–Kier alpha value is -3.15. The number of hydrogen-bond donors (Lipinski definition) is 1. The second kappa shape index (κ2) is 8.98. The molecule has 1 N–H and O–H groups in total. The minimum absolute atomic E-state index is 0.0464. The van der Waals surface area contributed by atoms with Crippen molar-refractivity contribution < 1.29 is 23.9 Å². The Morgan fingerprint density at radius 2 is 1.67 bits per heavy atom. The van der Waals surface area contributed by atoms with Gasteiger partial charge in [0.15, 0.2) is 11.9 Å². The molecule has 1 saturated carbocycles. The van der Waals surface area contributed by atoms with Gasteiger partial charge in [-0.3, -0.25) is 14.4 Å². The minimum atomic E-state index is -0.669. The molecule has 0 aliphatic heterocycles. The van der Waals surface area contributed by atoms with Gasteiger partial charge in [0, 0.05) is 12.0 Å². The Balaban J connectivity index is 1.47. The van der Waals surface area contributed by atoms with Crippen molar-refractivity contribution >= 4 is 17.7 Å². The van der Waals surface area contributed by atoms with Crippen LogP contribution in [0.5, 0.6) is 11.5 Å². The van der Waals surface area contributed by atoms with Crippen molar-refractivity contribution in [2.75, 3.05) is 6.54 Å². The van der Waals surface area contributed by atoms with Crippen molar-refractivity contribution in [3.63, 3.8) is 0 Å². The molecule has 0 heterocycles. The highest BCUT2D eigenvalue weighted by Gasteiger charge is 2.25. The largest absolute Gasteiger partial charge is 0.457 e. The summed E-state index contributed by atoms with van der Waals surface area (Å²) in [5, 5.41) is 2.51. The molecule has 0 spiro atoms. The summed E-state index contributed by atoms with van der Waals surface area (Å²) in [6.45, 7) is -0.273. The molecule has 27 heavy (non-hydrogen) atoms. The third-order valence-electron chi connectivity index (χ3n) is 4.26. The van der Waals surface area contributed by atoms with Crippen molar-refractivity contribution in [2.24, 2.45) is 0 Å². The van der Waals surface area contributed by atoms with E-state index >= 15 is 0 Å². The van der Waals surface area contributed by atoms with Crippen LogP contribution in [0.3, 0.4) is 0 Å². The van der Waals surface area contributed by atoms with E-state index in [1.54, 1.807) is 24.3 Å². The van der Waals surface area contributed by atoms with Gasteiger partial charge in [0.1, 0.15) is 18.0 Å². The van der Waals surface area contributed by atoms with Gasteiger partial charge in [-0.15, -0.1) is 0 Å². The third-order valence-corrected chi connectivity index (χ3v) is 4.26. The number of carbonyl (C=O) groups excluding carboxylic acids is 3. The second-order valence-electron chi connectivity index (χ2n) is 6.31. The van der Waals surface area contributed by atoms with Gasteiger partial charge in [0.25, 0.3) is 5.91 Å². The summed E-state index contributed by atoms with van der Waals surface area (Å²) in [5.41, 5.74) is 0.400. The number of benzene rings is 2. The first kappa shape index (κ1) is 18.6. The average Bonchev–Trinajstić information content (AvgIpc) is 2.69. The standard InChI is InChI=1S/C21H21NO5/c23-18-8-4-5-9-19(18)27-20(24)14-22-21(25)15-10-12-17(13-11-15)26-16-6-2-1-3-7-16/h1-3,6-7,10-13,19H,4-5,8-9,14H2,(H,22,25). The van der Waals surface area contributed by atoms with Crippen molar-refractivity contribution in [3.8, 4) is 11.5 Å². The number of carbonyl (C=O) groups is 3. The molecule has 1 fully saturated rings. The van der Waals surface area contributed by atoms with E-state index in [0.717, 1.165) is 12.8 Å². The maximum absolute atomic E-state index is 12.1. The molecule has 6 nitrogen and oxygen atoms in total. The molecular formula is C21H21NO5. The summed E-state index contributed by atoms with van der Waals surface area (Å²) in [6.07, 6.45) is 2.04. The van der Waals surface area contributed by atoms with Crippen LogP contribution >= 0.6 is 0 Å². The van der Waals surface area contributed by atoms with E-state index in [1.165, 1.54) is 0 Å². The van der Waals surface area contributed by atoms with Crippen molar-refractivity contribution in [3.05, 3.63) is 60.2 Å². The first-order valence-corrected chi connectivity index (χ1v) is 8.95. The summed E-state index contributed by atoms with van der Waals surface area (Å²) < 4.78 is 10.8. The fourth-order valence-corrected chi connectivity index (χ4v) is 2.83. The Morgan fingerprint density at radius 3 is 2.37 bits per heavy atom. The molecule has 6 heteroatoms. The van der Waals surface area contributed by atoms with E-state index in [1.807, 2.05) is 30.3 Å². The molecule has 0 saturated heterocycles. The summed E-state index contributed by atoms with van der Waals surface area (Å²) in [6, 6.07) is 15.9. The topological polar surface area (TPSA) is 81.7 Å². The van der Waals surface area contributed by atoms with Crippen LogP contribution in [-0.2, 0) is 14.3 Å². The van der Waals surface area contributed by atoms with Crippen LogP contribution in [0.2, 0.25) is 0 Å². The lowest BCUT2D eigenvalue weighted by Gasteiger charge is -2.20. The molecule has 3 rings (SSSR count). The molecule has 2 aromatic carbocycles. The number of esters is 1. The second-order valence-corrected chi connectivity index (χ2v) is 6.31. The highest BCUT2D eigenvalue weighted by Crippen LogP contribution is 2.21. The van der Waals surface area contributed by atoms with Crippen LogP contribution in [0, 0.1) is 0 Å². The molecule has 0 aromatic heterocycles. The van der Waals surface area contributed by atoms with E-state index in [-0.39, 0.29) is 12.3 Å². The third kappa shape index (κ3) is 5.41. The molecule has 0 bridgehead atoms. The number of amides is 1. The number of ether oxygens (including phenoxy) is 2. The molecule has 1 aliphatic rings. The van der Waals surface area contributed by atoms with E-state index in [2.05, 4.69) is 5.32 Å². The smallest absolute Gasteiger partial charge is 0.326 e. The number of para-hydroxylation sites is 1. The SMILES string of the molecule is O=C(CNC(=O)c1ccc(Oc2ccccc2)cc1)OC1CCCCC1=O. The maximum Gasteiger partial charge on any atom is 0.326 e. The van der Waals surface area contributed by atoms with Gasteiger partial charge in [-0.05, 0) is 55.7 Å². The molecule has 2 aromatic rings. The number of nitrogens with one attached hydrogen (secondary N) is 1. The van der Waals surface area contributed by atoms with E-state index in [0.29, 0.717) is 29.9 Å². The number of hydrogen-bond acceptors (Lipinski definition) is 5. The zero-order valence-corrected chi connectivity index (χ0v) is 14.9. The summed E-state index contributed by atoms with van der Waals surface area (Å²) >= 11 is 0. The van der Waals surface area contributed by atoms with Crippen LogP contribution < -0.4 is 10.1 Å². The van der Waals surface area contributed by atoms with Gasteiger partial charge in [0.2, 0.25) is 0 Å². The fraction of sp³-hybridized carbons (Fsp3) is 0.286. The Bertz CT molecular complexity index is 801. The van der Waals surface area contributed by atoms with Crippen LogP contribution in [-0.4, -0.2) is 30.3 Å². The molecule has 1 aliphatic carbocycles. The quantitative estimate of drug-likeness (QED) is 0.793. The van der Waals surface area contributed by atoms with E-state index in [9.17, 15) is 14.4 Å². The Kier molecular flexibility index (Phi) is 6.20. The predicted octanol–water partition coefficient (Wildman–Crippen LogP) is 3.26. The van der Waals surface area contributed by atoms with Crippen LogP contribution in [0.4, 0.5) is 0 Å². The van der Waals surface area contributed by atoms with Gasteiger partial charge >= 0.3 is 5.97 Å². The van der Waals surface area contributed by atoms with Crippen molar-refractivity contribution in [1.82, 2.24) is 5.32 Å². The first-order valence-electron chi connectivity index (χ1n) is 8.95. The number of rotatable bonds is 6. The van der Waals surface area contributed by atoms with Crippen LogP contribution in [0.25, 0.3) is 0 Å². The molecule has 1 atom stereocenters. The Labute approximate surface area is 157 Å². The first-order chi connectivity index (χ1) is 13.1. The lowest BCUT2D eigenvalue weighted by molar-refractivity contribution is -0.155. The average molecular weight is 367 g/mol. The zero-order valence-electron chi connectivity index (χ0n) is 14.9. The molecular weight excluding hydrogens is 346 g/mol. The van der Waals surface area contributed by atoms with Crippen LogP contribution in [0.15, 0.2) is 54.6 Å². The molecule has 140 valence electrons. The summed E-state index contributed by atoms with van der Waals surface area (Å²) in [4.78, 5) is 35.7. The monoisotopic (exact) mass is 367 g/mol. The molecule has 0 radical (unpaired) electrons. The zero-order chi connectivity index (χ0) is 19.1. The Morgan fingerprint density at radius 1 is 0.963 bits per heavy atom. The molecule has 1 amide bonds. The lowest BCUT2D eigenvalue weighted by Crippen LogP contribution is -2.36. The fourth-order valence-electron chi connectivity index (χ4n) is 2.83. The summed E-state index contributed by atoms with van der Waals surface area (Å²) in [5.74, 6) is 0.262. The maximum atomic E-state index is 12.1. The van der Waals surface area contributed by atoms with Gasteiger partial charge in [-0.25, -0.2) is 0 Å². The van der Waals surface area contributed by atoms with Crippen molar-refractivity contribution in [2.45, 2.75) is 31.8 Å². The summed E-state index contributed by atoms with van der Waals surface area (Å²) in [7, 11) is 0. The van der Waals surface area contributed by atoms with E-state index in [4.69, 9.17) is 9.47 Å². The van der Waals surface area contributed by atoms with Crippen molar-refractivity contribution in [1.29, 1.82) is 0 Å². The highest BCUT2D eigenvalue weighted by molar-refractivity contribution is 5.96. The van der Waals surface area contributed by atoms with Gasteiger partial charge < -0.3 is 14.8 Å². The minimum Gasteiger partial charge on any atom is -0.457 e. The van der Waals surface area contributed by atoms with Gasteiger partial charge in [-0.2, -0.15) is 0 Å². The van der Waals surface area contributed by atoms with Crippen LogP contribution in [0.1, 0.15) is 36.0 Å². The highest BCUT2D eigenvalue weighted by atomic mass is 16.5. The van der Waals surface area contributed by atoms with E-state index < -0.39 is 18.0 Å². The van der Waals surface area contributed by atoms with Gasteiger partial charge in [0.05, 0.1) is 0 Å². The number of Topliss-reactive ketones (excluding diaryl/α,β-unsaturated/α-hetero) is 1. The molecule has 1 unspecified atom stereocenters. The normalized spacial score (nSPS) is 16.4. The predicted molar refractivity (Wildman–Crippen MR) is 98.6 cm³/mol.